The third-order valence-electron chi connectivity index (χ3n) is 4.37. The number of benzene rings is 2. The second-order valence-electron chi connectivity index (χ2n) is 7.10. The van der Waals surface area contributed by atoms with Crippen molar-refractivity contribution < 1.29 is 14.0 Å². The molecule has 1 N–H and O–H groups in total. The van der Waals surface area contributed by atoms with E-state index in [1.54, 1.807) is 43.5 Å². The monoisotopic (exact) mass is 466 g/mol. The molecule has 0 bridgehead atoms. The molecule has 5 nitrogen and oxygen atoms in total. The lowest BCUT2D eigenvalue weighted by Crippen LogP contribution is -2.39. The van der Waals surface area contributed by atoms with Crippen molar-refractivity contribution in [2.75, 3.05) is 7.05 Å². The third kappa shape index (κ3) is 5.27. The first kappa shape index (κ1) is 21.6. The summed E-state index contributed by atoms with van der Waals surface area (Å²) in [5.74, 6) is 0.530. The predicted octanol–water partition coefficient (Wildman–Crippen LogP) is 5.35. The summed E-state index contributed by atoms with van der Waals surface area (Å²) in [5, 5.41) is 2.85. The minimum absolute atomic E-state index is 0.0731. The molecule has 0 aliphatic carbocycles. The largest absolute Gasteiger partial charge is 0.457 e. The fraction of sp³-hybridized carbons (Fsp3) is 0.167. The molecule has 1 heterocycles. The highest BCUT2D eigenvalue weighted by Crippen LogP contribution is 2.25. The van der Waals surface area contributed by atoms with Gasteiger partial charge in [-0.1, -0.05) is 46.3 Å². The summed E-state index contributed by atoms with van der Waals surface area (Å²) in [7, 11) is 1.58. The first-order valence-electron chi connectivity index (χ1n) is 9.56. The van der Waals surface area contributed by atoms with Crippen molar-refractivity contribution in [3.8, 4) is 11.3 Å². The molecule has 0 aliphatic heterocycles. The quantitative estimate of drug-likeness (QED) is 0.498. The van der Waals surface area contributed by atoms with Gasteiger partial charge in [-0.05, 0) is 50.2 Å². The van der Waals surface area contributed by atoms with E-state index in [9.17, 15) is 9.59 Å². The summed E-state index contributed by atoms with van der Waals surface area (Å²) in [6, 6.07) is 20.1. The van der Waals surface area contributed by atoms with Crippen LogP contribution in [0.5, 0.6) is 0 Å². The summed E-state index contributed by atoms with van der Waals surface area (Å²) < 4.78 is 6.90. The Labute approximate surface area is 184 Å². The van der Waals surface area contributed by atoms with Crippen LogP contribution >= 0.6 is 15.9 Å². The molecule has 6 heteroatoms. The van der Waals surface area contributed by atoms with Crippen molar-refractivity contribution in [1.29, 1.82) is 0 Å². The number of nitrogens with one attached hydrogen (secondary N) is 1. The summed E-state index contributed by atoms with van der Waals surface area (Å²) in [6.45, 7) is 3.74. The van der Waals surface area contributed by atoms with Gasteiger partial charge in [0.15, 0.2) is 0 Å². The van der Waals surface area contributed by atoms with Crippen LogP contribution in [0.1, 0.15) is 30.0 Å². The molecule has 2 amide bonds. The van der Waals surface area contributed by atoms with Gasteiger partial charge in [0.25, 0.3) is 11.8 Å². The zero-order valence-electron chi connectivity index (χ0n) is 17.1. The van der Waals surface area contributed by atoms with Crippen molar-refractivity contribution in [3.05, 3.63) is 88.2 Å². The molecule has 0 saturated heterocycles. The molecule has 0 radical (unpaired) electrons. The SMILES string of the molecule is CC(C)NC(=O)/C(=C\c1ccc(-c2ccc(Br)cc2)o1)N(C)C(=O)c1ccccc1. The van der Waals surface area contributed by atoms with Crippen LogP contribution in [0.3, 0.4) is 0 Å². The molecular formula is C24H23BrN2O3. The maximum atomic E-state index is 12.9. The van der Waals surface area contributed by atoms with Gasteiger partial charge in [-0.2, -0.15) is 0 Å². The van der Waals surface area contributed by atoms with Gasteiger partial charge in [-0.25, -0.2) is 0 Å². The number of carbonyl (C=O) groups excluding carboxylic acids is 2. The lowest BCUT2D eigenvalue weighted by molar-refractivity contribution is -0.119. The molecule has 0 fully saturated rings. The normalized spacial score (nSPS) is 11.4. The van der Waals surface area contributed by atoms with Gasteiger partial charge < -0.3 is 14.6 Å². The minimum atomic E-state index is -0.349. The Bertz CT molecular complexity index is 1050. The average Bonchev–Trinajstić information content (AvgIpc) is 3.20. The van der Waals surface area contributed by atoms with Crippen LogP contribution in [0.15, 0.2) is 81.3 Å². The molecule has 3 rings (SSSR count). The highest BCUT2D eigenvalue weighted by Gasteiger charge is 2.22. The number of nitrogens with zero attached hydrogens (tertiary/aromatic N) is 1. The molecule has 0 unspecified atom stereocenters. The molecule has 30 heavy (non-hydrogen) atoms. The maximum Gasteiger partial charge on any atom is 0.268 e. The Morgan fingerprint density at radius 3 is 2.30 bits per heavy atom. The van der Waals surface area contributed by atoms with Crippen molar-refractivity contribution in [1.82, 2.24) is 10.2 Å². The van der Waals surface area contributed by atoms with E-state index in [0.717, 1.165) is 10.0 Å². The summed E-state index contributed by atoms with van der Waals surface area (Å²) in [6.07, 6.45) is 1.58. The van der Waals surface area contributed by atoms with Gasteiger partial charge in [-0.15, -0.1) is 0 Å². The van der Waals surface area contributed by atoms with Crippen molar-refractivity contribution in [2.45, 2.75) is 19.9 Å². The van der Waals surface area contributed by atoms with Gasteiger partial charge in [0.05, 0.1) is 0 Å². The fourth-order valence-electron chi connectivity index (χ4n) is 2.87. The van der Waals surface area contributed by atoms with Gasteiger partial charge >= 0.3 is 0 Å². The van der Waals surface area contributed by atoms with Crippen molar-refractivity contribution >= 4 is 33.8 Å². The molecule has 3 aromatic rings. The van der Waals surface area contributed by atoms with Crippen LogP contribution in [0.4, 0.5) is 0 Å². The zero-order valence-corrected chi connectivity index (χ0v) is 18.6. The number of likely N-dealkylation sites (N-methyl/N-ethyl adjacent to an activating group) is 1. The smallest absolute Gasteiger partial charge is 0.268 e. The molecular weight excluding hydrogens is 444 g/mol. The average molecular weight is 467 g/mol. The van der Waals surface area contributed by atoms with Crippen LogP contribution in [-0.4, -0.2) is 29.8 Å². The number of rotatable bonds is 6. The number of amides is 2. The van der Waals surface area contributed by atoms with Gasteiger partial charge in [0.2, 0.25) is 0 Å². The van der Waals surface area contributed by atoms with E-state index in [2.05, 4.69) is 21.2 Å². The summed E-state index contributed by atoms with van der Waals surface area (Å²) in [4.78, 5) is 27.1. The van der Waals surface area contributed by atoms with Crippen LogP contribution in [0.25, 0.3) is 17.4 Å². The number of furan rings is 1. The molecule has 0 spiro atoms. The van der Waals surface area contributed by atoms with Crippen molar-refractivity contribution in [2.24, 2.45) is 0 Å². The van der Waals surface area contributed by atoms with Crippen LogP contribution in [0.2, 0.25) is 0 Å². The number of hydrogen-bond acceptors (Lipinski definition) is 3. The van der Waals surface area contributed by atoms with E-state index < -0.39 is 0 Å². The molecule has 0 saturated carbocycles. The van der Waals surface area contributed by atoms with Crippen LogP contribution < -0.4 is 5.32 Å². The maximum absolute atomic E-state index is 12.9. The second-order valence-corrected chi connectivity index (χ2v) is 8.01. The number of carbonyl (C=O) groups is 2. The van der Waals surface area contributed by atoms with E-state index in [1.807, 2.05) is 50.2 Å². The summed E-state index contributed by atoms with van der Waals surface area (Å²) >= 11 is 3.42. The van der Waals surface area contributed by atoms with E-state index in [4.69, 9.17) is 4.42 Å². The highest BCUT2D eigenvalue weighted by molar-refractivity contribution is 9.10. The Hall–Kier alpha value is -3.12. The van der Waals surface area contributed by atoms with Crippen LogP contribution in [0, 0.1) is 0 Å². The van der Waals surface area contributed by atoms with E-state index >= 15 is 0 Å². The first-order valence-corrected chi connectivity index (χ1v) is 10.4. The second kappa shape index (κ2) is 9.59. The van der Waals surface area contributed by atoms with Crippen molar-refractivity contribution in [3.63, 3.8) is 0 Å². The molecule has 0 atom stereocenters. The molecule has 2 aromatic carbocycles. The Morgan fingerprint density at radius 2 is 1.67 bits per heavy atom. The first-order chi connectivity index (χ1) is 14.3. The highest BCUT2D eigenvalue weighted by atomic mass is 79.9. The summed E-state index contributed by atoms with van der Waals surface area (Å²) in [5.41, 5.74) is 1.62. The lowest BCUT2D eigenvalue weighted by atomic mass is 10.2. The minimum Gasteiger partial charge on any atom is -0.457 e. The Kier molecular flexibility index (Phi) is 6.90. The van der Waals surface area contributed by atoms with E-state index in [0.29, 0.717) is 17.1 Å². The zero-order chi connectivity index (χ0) is 21.7. The lowest BCUT2D eigenvalue weighted by Gasteiger charge is -2.21. The van der Waals surface area contributed by atoms with E-state index in [1.165, 1.54) is 4.90 Å². The Morgan fingerprint density at radius 1 is 1.00 bits per heavy atom. The molecule has 154 valence electrons. The van der Waals surface area contributed by atoms with E-state index in [-0.39, 0.29) is 23.6 Å². The van der Waals surface area contributed by atoms with Gasteiger partial charge in [-0.3, -0.25) is 9.59 Å². The number of hydrogen-bond donors (Lipinski definition) is 1. The standard InChI is InChI=1S/C24H23BrN2O3/c1-16(2)26-23(28)21(27(3)24(29)18-7-5-4-6-8-18)15-20-13-14-22(30-20)17-9-11-19(25)12-10-17/h4-16H,1-3H3,(H,26,28)/b21-15+. The topological polar surface area (TPSA) is 62.6 Å². The Balaban J connectivity index is 1.94. The third-order valence-corrected chi connectivity index (χ3v) is 4.90. The predicted molar refractivity (Wildman–Crippen MR) is 122 cm³/mol. The molecule has 0 aliphatic rings. The molecule has 1 aromatic heterocycles. The van der Waals surface area contributed by atoms with Gasteiger partial charge in [0.1, 0.15) is 17.2 Å². The fourth-order valence-corrected chi connectivity index (χ4v) is 3.13. The van der Waals surface area contributed by atoms with Gasteiger partial charge in [0, 0.05) is 34.8 Å². The number of halogens is 1. The van der Waals surface area contributed by atoms with Crippen LogP contribution in [-0.2, 0) is 4.79 Å².